The summed E-state index contributed by atoms with van der Waals surface area (Å²) in [5.74, 6) is -0.638. The summed E-state index contributed by atoms with van der Waals surface area (Å²) in [7, 11) is 0. The molecule has 0 aliphatic rings. The van der Waals surface area contributed by atoms with Gasteiger partial charge in [-0.3, -0.25) is 9.89 Å². The zero-order valence-corrected chi connectivity index (χ0v) is 9.69. The topological polar surface area (TPSA) is 120 Å². The first kappa shape index (κ1) is 11.9. The lowest BCUT2D eigenvalue weighted by atomic mass is 10.2. The molecule has 8 heteroatoms. The highest BCUT2D eigenvalue weighted by atomic mass is 35.5. The number of aromatic nitrogens is 3. The van der Waals surface area contributed by atoms with E-state index in [1.54, 1.807) is 6.07 Å². The maximum Gasteiger partial charge on any atom is 0.293 e. The molecule has 0 spiro atoms. The maximum absolute atomic E-state index is 11.8. The smallest absolute Gasteiger partial charge is 0.293 e. The zero-order chi connectivity index (χ0) is 13.1. The molecule has 1 amide bonds. The molecule has 0 aliphatic carbocycles. The lowest BCUT2D eigenvalue weighted by molar-refractivity contribution is 0.101. The average molecular weight is 263 g/mol. The number of anilines is 2. The number of carbonyl (C=O) groups excluding carboxylic acids is 1. The number of nitrogens with two attached hydrogens (primary N) is 1. The van der Waals surface area contributed by atoms with Crippen LogP contribution in [0, 0.1) is 11.3 Å². The first-order valence-corrected chi connectivity index (χ1v) is 5.17. The number of benzene rings is 1. The highest BCUT2D eigenvalue weighted by Crippen LogP contribution is 2.20. The summed E-state index contributed by atoms with van der Waals surface area (Å²) < 4.78 is 0. The first-order chi connectivity index (χ1) is 8.60. The van der Waals surface area contributed by atoms with Crippen molar-refractivity contribution in [2.45, 2.75) is 0 Å². The number of nitrogens with one attached hydrogen (secondary N) is 2. The maximum atomic E-state index is 11.8. The van der Waals surface area contributed by atoms with Gasteiger partial charge in [0.05, 0.1) is 11.3 Å². The van der Waals surface area contributed by atoms with Crippen molar-refractivity contribution in [2.24, 2.45) is 0 Å². The second kappa shape index (κ2) is 4.73. The van der Waals surface area contributed by atoms with E-state index in [4.69, 9.17) is 22.6 Å². The van der Waals surface area contributed by atoms with Crippen LogP contribution >= 0.6 is 11.6 Å². The summed E-state index contributed by atoms with van der Waals surface area (Å²) in [6.07, 6.45) is 0. The number of nitriles is 1. The highest BCUT2D eigenvalue weighted by molar-refractivity contribution is 6.31. The van der Waals surface area contributed by atoms with Gasteiger partial charge in [0.2, 0.25) is 11.8 Å². The van der Waals surface area contributed by atoms with Crippen molar-refractivity contribution in [1.82, 2.24) is 15.2 Å². The summed E-state index contributed by atoms with van der Waals surface area (Å²) in [5, 5.41) is 17.7. The first-order valence-electron chi connectivity index (χ1n) is 4.79. The molecule has 90 valence electrons. The fourth-order valence-corrected chi connectivity index (χ4v) is 1.45. The number of amides is 1. The summed E-state index contributed by atoms with van der Waals surface area (Å²) in [4.78, 5) is 15.4. The van der Waals surface area contributed by atoms with Crippen molar-refractivity contribution in [3.05, 3.63) is 34.6 Å². The third-order valence-electron chi connectivity index (χ3n) is 2.07. The second-order valence-corrected chi connectivity index (χ2v) is 3.73. The molecule has 0 fully saturated rings. The summed E-state index contributed by atoms with van der Waals surface area (Å²) in [5.41, 5.74) is 5.87. The molecule has 0 unspecified atom stereocenters. The normalized spacial score (nSPS) is 9.78. The molecule has 0 radical (unpaired) electrons. The van der Waals surface area contributed by atoms with Crippen LogP contribution in [-0.4, -0.2) is 21.1 Å². The number of H-pyrrole nitrogens is 1. The predicted octanol–water partition coefficient (Wildman–Crippen LogP) is 1.16. The number of rotatable bonds is 2. The van der Waals surface area contributed by atoms with Crippen molar-refractivity contribution in [2.75, 3.05) is 11.1 Å². The van der Waals surface area contributed by atoms with E-state index in [0.29, 0.717) is 16.3 Å². The molecular formula is C10H7ClN6O. The second-order valence-electron chi connectivity index (χ2n) is 3.30. The lowest BCUT2D eigenvalue weighted by Crippen LogP contribution is -2.14. The molecular weight excluding hydrogens is 256 g/mol. The summed E-state index contributed by atoms with van der Waals surface area (Å²) in [6.45, 7) is 0. The Hall–Kier alpha value is -2.59. The van der Waals surface area contributed by atoms with Crippen LogP contribution in [0.1, 0.15) is 16.2 Å². The van der Waals surface area contributed by atoms with Gasteiger partial charge in [-0.25, -0.2) is 0 Å². The van der Waals surface area contributed by atoms with Crippen LogP contribution in [0.3, 0.4) is 0 Å². The van der Waals surface area contributed by atoms with E-state index < -0.39 is 5.91 Å². The van der Waals surface area contributed by atoms with Crippen molar-refractivity contribution in [3.8, 4) is 6.07 Å². The van der Waals surface area contributed by atoms with Gasteiger partial charge in [-0.15, -0.1) is 5.10 Å². The zero-order valence-electron chi connectivity index (χ0n) is 8.94. The molecule has 0 bridgehead atoms. The number of carbonyl (C=O) groups is 1. The molecule has 0 saturated heterocycles. The third-order valence-corrected chi connectivity index (χ3v) is 2.30. The van der Waals surface area contributed by atoms with E-state index >= 15 is 0 Å². The number of hydrogen-bond acceptors (Lipinski definition) is 5. The van der Waals surface area contributed by atoms with Gasteiger partial charge < -0.3 is 11.1 Å². The van der Waals surface area contributed by atoms with Gasteiger partial charge in [-0.05, 0) is 18.2 Å². The van der Waals surface area contributed by atoms with Crippen molar-refractivity contribution in [1.29, 1.82) is 5.26 Å². The Bertz CT molecular complexity index is 644. The van der Waals surface area contributed by atoms with Crippen LogP contribution < -0.4 is 11.1 Å². The quantitative estimate of drug-likeness (QED) is 0.750. The molecule has 4 N–H and O–H groups in total. The van der Waals surface area contributed by atoms with Crippen molar-refractivity contribution in [3.63, 3.8) is 0 Å². The molecule has 2 aromatic rings. The fourth-order valence-electron chi connectivity index (χ4n) is 1.28. The van der Waals surface area contributed by atoms with Crippen molar-refractivity contribution < 1.29 is 4.79 Å². The lowest BCUT2D eigenvalue weighted by Gasteiger charge is -2.05. The molecule has 0 saturated carbocycles. The minimum absolute atomic E-state index is 0.0354. The van der Waals surface area contributed by atoms with Crippen molar-refractivity contribution >= 4 is 29.1 Å². The SMILES string of the molecule is N#Cc1ccc(Cl)cc1NC(=O)c1nc(N)n[nH]1. The molecule has 1 heterocycles. The van der Waals surface area contributed by atoms with Crippen LogP contribution in [-0.2, 0) is 0 Å². The Labute approximate surface area is 107 Å². The molecule has 1 aromatic carbocycles. The molecule has 0 atom stereocenters. The standard InChI is InChI=1S/C10H7ClN6O/c11-6-2-1-5(4-12)7(3-6)14-9(18)8-15-10(13)17-16-8/h1-3H,(H,14,18)(H3,13,15,16,17). The van der Waals surface area contributed by atoms with E-state index in [2.05, 4.69) is 20.5 Å². The van der Waals surface area contributed by atoms with E-state index in [9.17, 15) is 4.79 Å². The Morgan fingerprint density at radius 1 is 1.56 bits per heavy atom. The van der Waals surface area contributed by atoms with Gasteiger partial charge >= 0.3 is 0 Å². The summed E-state index contributed by atoms with van der Waals surface area (Å²) in [6, 6.07) is 6.47. The Morgan fingerprint density at radius 3 is 2.94 bits per heavy atom. The molecule has 7 nitrogen and oxygen atoms in total. The average Bonchev–Trinajstić information content (AvgIpc) is 2.76. The van der Waals surface area contributed by atoms with Gasteiger partial charge in [-0.1, -0.05) is 11.6 Å². The van der Waals surface area contributed by atoms with E-state index in [0.717, 1.165) is 0 Å². The third kappa shape index (κ3) is 2.39. The van der Waals surface area contributed by atoms with Gasteiger partial charge in [0, 0.05) is 5.02 Å². The van der Waals surface area contributed by atoms with E-state index in [1.165, 1.54) is 12.1 Å². The highest BCUT2D eigenvalue weighted by Gasteiger charge is 2.13. The number of hydrogen-bond donors (Lipinski definition) is 3. The molecule has 1 aromatic heterocycles. The van der Waals surface area contributed by atoms with E-state index in [1.807, 2.05) is 6.07 Å². The van der Waals surface area contributed by atoms with Crippen LogP contribution in [0.15, 0.2) is 18.2 Å². The largest absolute Gasteiger partial charge is 0.366 e. The van der Waals surface area contributed by atoms with Gasteiger partial charge in [0.1, 0.15) is 6.07 Å². The fraction of sp³-hybridized carbons (Fsp3) is 0. The van der Waals surface area contributed by atoms with Crippen LogP contribution in [0.25, 0.3) is 0 Å². The van der Waals surface area contributed by atoms with Gasteiger partial charge in [0.25, 0.3) is 5.91 Å². The van der Waals surface area contributed by atoms with Crippen LogP contribution in [0.2, 0.25) is 5.02 Å². The van der Waals surface area contributed by atoms with Gasteiger partial charge in [-0.2, -0.15) is 10.2 Å². The van der Waals surface area contributed by atoms with Crippen LogP contribution in [0.5, 0.6) is 0 Å². The minimum Gasteiger partial charge on any atom is -0.366 e. The minimum atomic E-state index is -0.557. The Kier molecular flexibility index (Phi) is 3.12. The number of halogens is 1. The molecule has 2 rings (SSSR count). The predicted molar refractivity (Wildman–Crippen MR) is 64.9 cm³/mol. The number of nitrogen functional groups attached to an aromatic ring is 1. The Balaban J connectivity index is 2.27. The summed E-state index contributed by atoms with van der Waals surface area (Å²) >= 11 is 5.79. The van der Waals surface area contributed by atoms with Crippen LogP contribution in [0.4, 0.5) is 11.6 Å². The molecule has 0 aliphatic heterocycles. The molecule has 18 heavy (non-hydrogen) atoms. The van der Waals surface area contributed by atoms with Gasteiger partial charge in [0.15, 0.2) is 0 Å². The number of aromatic amines is 1. The van der Waals surface area contributed by atoms with E-state index in [-0.39, 0.29) is 11.8 Å². The Morgan fingerprint density at radius 2 is 2.33 bits per heavy atom. The monoisotopic (exact) mass is 262 g/mol. The number of nitrogens with zero attached hydrogens (tertiary/aromatic N) is 3.